The number of aliphatic carboxylic acids is 1. The van der Waals surface area contributed by atoms with E-state index in [1.807, 2.05) is 0 Å². The van der Waals surface area contributed by atoms with Gasteiger partial charge in [-0.3, -0.25) is 4.79 Å². The standard InChI is InChI=1S/C14H18BrNO2/c1-10-9-11(15)4-6-13(10)16-8-2-3-12(16)5-7-14(17)18/h4,6,9,12H,2-3,5,7-8H2,1H3,(H,17,18). The molecule has 4 heteroatoms. The number of rotatable bonds is 4. The predicted octanol–water partition coefficient (Wildman–Crippen LogP) is 3.59. The number of hydrogen-bond donors (Lipinski definition) is 1. The minimum absolute atomic E-state index is 0.261. The molecule has 3 nitrogen and oxygen atoms in total. The van der Waals surface area contributed by atoms with E-state index in [2.05, 4.69) is 46.0 Å². The van der Waals surface area contributed by atoms with Crippen LogP contribution in [-0.2, 0) is 4.79 Å². The zero-order valence-electron chi connectivity index (χ0n) is 10.5. The van der Waals surface area contributed by atoms with E-state index in [0.29, 0.717) is 6.04 Å². The van der Waals surface area contributed by atoms with Gasteiger partial charge in [0.2, 0.25) is 0 Å². The third-order valence-electron chi connectivity index (χ3n) is 3.54. The Labute approximate surface area is 116 Å². The van der Waals surface area contributed by atoms with Crippen LogP contribution in [0, 0.1) is 6.92 Å². The van der Waals surface area contributed by atoms with Gasteiger partial charge in [-0.1, -0.05) is 15.9 Å². The van der Waals surface area contributed by atoms with Crippen LogP contribution in [0.4, 0.5) is 5.69 Å². The van der Waals surface area contributed by atoms with E-state index in [4.69, 9.17) is 5.11 Å². The molecule has 0 saturated carbocycles. The fourth-order valence-electron chi connectivity index (χ4n) is 2.68. The van der Waals surface area contributed by atoms with Crippen LogP contribution in [0.1, 0.15) is 31.2 Å². The zero-order valence-corrected chi connectivity index (χ0v) is 12.1. The Kier molecular flexibility index (Phi) is 4.27. The number of halogens is 1. The lowest BCUT2D eigenvalue weighted by molar-refractivity contribution is -0.137. The molecular weight excluding hydrogens is 294 g/mol. The molecular formula is C14H18BrNO2. The van der Waals surface area contributed by atoms with Crippen LogP contribution in [0.3, 0.4) is 0 Å². The second kappa shape index (κ2) is 5.74. The van der Waals surface area contributed by atoms with Crippen molar-refractivity contribution in [2.75, 3.05) is 11.4 Å². The number of hydrogen-bond acceptors (Lipinski definition) is 2. The summed E-state index contributed by atoms with van der Waals surface area (Å²) in [6, 6.07) is 6.66. The molecule has 1 unspecified atom stereocenters. The van der Waals surface area contributed by atoms with E-state index < -0.39 is 5.97 Å². The molecule has 1 aliphatic rings. The largest absolute Gasteiger partial charge is 0.481 e. The number of anilines is 1. The molecule has 2 rings (SSSR count). The number of carboxylic acid groups (broad SMARTS) is 1. The molecule has 1 aromatic carbocycles. The van der Waals surface area contributed by atoms with Crippen molar-refractivity contribution in [2.45, 2.75) is 38.6 Å². The fraction of sp³-hybridized carbons (Fsp3) is 0.500. The molecule has 1 N–H and O–H groups in total. The van der Waals surface area contributed by atoms with E-state index in [1.165, 1.54) is 11.3 Å². The van der Waals surface area contributed by atoms with Crippen LogP contribution in [0.15, 0.2) is 22.7 Å². The lowest BCUT2D eigenvalue weighted by atomic mass is 10.1. The van der Waals surface area contributed by atoms with Crippen LogP contribution >= 0.6 is 15.9 Å². The molecule has 0 spiro atoms. The number of carbonyl (C=O) groups is 1. The number of benzene rings is 1. The normalized spacial score (nSPS) is 19.2. The highest BCUT2D eigenvalue weighted by molar-refractivity contribution is 9.10. The number of aryl methyl sites for hydroxylation is 1. The SMILES string of the molecule is Cc1cc(Br)ccc1N1CCCC1CCC(=O)O. The third-order valence-corrected chi connectivity index (χ3v) is 4.03. The summed E-state index contributed by atoms with van der Waals surface area (Å²) in [5.74, 6) is -0.700. The molecule has 1 saturated heterocycles. The van der Waals surface area contributed by atoms with E-state index in [-0.39, 0.29) is 6.42 Å². The second-order valence-electron chi connectivity index (χ2n) is 4.85. The predicted molar refractivity (Wildman–Crippen MR) is 76.1 cm³/mol. The van der Waals surface area contributed by atoms with Gasteiger partial charge < -0.3 is 10.0 Å². The molecule has 1 atom stereocenters. The van der Waals surface area contributed by atoms with E-state index in [0.717, 1.165) is 30.3 Å². The van der Waals surface area contributed by atoms with Crippen molar-refractivity contribution < 1.29 is 9.90 Å². The summed E-state index contributed by atoms with van der Waals surface area (Å²) >= 11 is 3.47. The van der Waals surface area contributed by atoms with Crippen LogP contribution in [0.2, 0.25) is 0 Å². The monoisotopic (exact) mass is 311 g/mol. The molecule has 98 valence electrons. The molecule has 0 aromatic heterocycles. The summed E-state index contributed by atoms with van der Waals surface area (Å²) in [4.78, 5) is 13.1. The Morgan fingerprint density at radius 1 is 1.56 bits per heavy atom. The Bertz CT molecular complexity index is 447. The van der Waals surface area contributed by atoms with E-state index >= 15 is 0 Å². The summed E-state index contributed by atoms with van der Waals surface area (Å²) in [6.07, 6.45) is 3.25. The minimum Gasteiger partial charge on any atom is -0.481 e. The first-order chi connectivity index (χ1) is 8.58. The van der Waals surface area contributed by atoms with Crippen molar-refractivity contribution in [1.29, 1.82) is 0 Å². The average Bonchev–Trinajstić information content (AvgIpc) is 2.74. The lowest BCUT2D eigenvalue weighted by Crippen LogP contribution is -2.30. The topological polar surface area (TPSA) is 40.5 Å². The average molecular weight is 312 g/mol. The summed E-state index contributed by atoms with van der Waals surface area (Å²) in [5, 5.41) is 8.80. The van der Waals surface area contributed by atoms with Gasteiger partial charge in [-0.25, -0.2) is 0 Å². The van der Waals surface area contributed by atoms with Gasteiger partial charge in [-0.2, -0.15) is 0 Å². The first kappa shape index (κ1) is 13.4. The maximum atomic E-state index is 10.7. The van der Waals surface area contributed by atoms with Crippen molar-refractivity contribution in [1.82, 2.24) is 0 Å². The molecule has 1 aliphatic heterocycles. The lowest BCUT2D eigenvalue weighted by Gasteiger charge is -2.28. The van der Waals surface area contributed by atoms with Crippen LogP contribution < -0.4 is 4.90 Å². The van der Waals surface area contributed by atoms with Crippen molar-refractivity contribution in [2.24, 2.45) is 0 Å². The highest BCUT2D eigenvalue weighted by atomic mass is 79.9. The quantitative estimate of drug-likeness (QED) is 0.923. The summed E-state index contributed by atoms with van der Waals surface area (Å²) in [5.41, 5.74) is 2.48. The molecule has 18 heavy (non-hydrogen) atoms. The van der Waals surface area contributed by atoms with Gasteiger partial charge in [0.1, 0.15) is 0 Å². The highest BCUT2D eigenvalue weighted by Crippen LogP contribution is 2.31. The van der Waals surface area contributed by atoms with Crippen molar-refractivity contribution in [3.8, 4) is 0 Å². The molecule has 0 radical (unpaired) electrons. The summed E-state index contributed by atoms with van der Waals surface area (Å²) in [7, 11) is 0. The Morgan fingerprint density at radius 3 is 3.00 bits per heavy atom. The van der Waals surface area contributed by atoms with E-state index in [9.17, 15) is 4.79 Å². The highest BCUT2D eigenvalue weighted by Gasteiger charge is 2.25. The Balaban J connectivity index is 2.13. The van der Waals surface area contributed by atoms with Gasteiger partial charge in [-0.15, -0.1) is 0 Å². The smallest absolute Gasteiger partial charge is 0.303 e. The van der Waals surface area contributed by atoms with E-state index in [1.54, 1.807) is 0 Å². The molecule has 0 amide bonds. The van der Waals surface area contributed by atoms with Gasteiger partial charge in [0.05, 0.1) is 0 Å². The first-order valence-electron chi connectivity index (χ1n) is 6.32. The van der Waals surface area contributed by atoms with Gasteiger partial charge in [0.25, 0.3) is 0 Å². The van der Waals surface area contributed by atoms with Crippen molar-refractivity contribution in [3.63, 3.8) is 0 Å². The molecule has 0 aliphatic carbocycles. The second-order valence-corrected chi connectivity index (χ2v) is 5.77. The molecule has 0 bridgehead atoms. The van der Waals surface area contributed by atoms with Gasteiger partial charge in [0, 0.05) is 29.2 Å². The number of nitrogens with zero attached hydrogens (tertiary/aromatic N) is 1. The van der Waals surface area contributed by atoms with Crippen molar-refractivity contribution in [3.05, 3.63) is 28.2 Å². The minimum atomic E-state index is -0.700. The van der Waals surface area contributed by atoms with Crippen molar-refractivity contribution >= 4 is 27.6 Å². The molecule has 1 aromatic rings. The Hall–Kier alpha value is -1.03. The van der Waals surface area contributed by atoms with Crippen LogP contribution in [0.5, 0.6) is 0 Å². The summed E-state index contributed by atoms with van der Waals surface area (Å²) in [6.45, 7) is 3.14. The van der Waals surface area contributed by atoms with Gasteiger partial charge >= 0.3 is 5.97 Å². The maximum absolute atomic E-state index is 10.7. The van der Waals surface area contributed by atoms with Gasteiger partial charge in [0.15, 0.2) is 0 Å². The maximum Gasteiger partial charge on any atom is 0.303 e. The van der Waals surface area contributed by atoms with Gasteiger partial charge in [-0.05, 0) is 49.9 Å². The first-order valence-corrected chi connectivity index (χ1v) is 7.12. The summed E-state index contributed by atoms with van der Waals surface area (Å²) < 4.78 is 1.09. The van der Waals surface area contributed by atoms with Crippen LogP contribution in [0.25, 0.3) is 0 Å². The molecule has 1 fully saturated rings. The third kappa shape index (κ3) is 3.05. The Morgan fingerprint density at radius 2 is 2.33 bits per heavy atom. The van der Waals surface area contributed by atoms with Crippen LogP contribution in [-0.4, -0.2) is 23.7 Å². The zero-order chi connectivity index (χ0) is 13.1. The molecule has 1 heterocycles. The fourth-order valence-corrected chi connectivity index (χ4v) is 3.16. The number of carboxylic acids is 1.